The largest absolute Gasteiger partial charge is 0.393 e. The summed E-state index contributed by atoms with van der Waals surface area (Å²) in [6, 6.07) is 17.9. The van der Waals surface area contributed by atoms with Crippen molar-refractivity contribution in [2.45, 2.75) is 122 Å². The standard InChI is InChI=1S/C44H62N4O5/c1-4-40(51)45-35(25-29-11-7-5-8-12-29)41(52)46-36(26-30-13-9-6-10-14-30)42(53)48-23-21-47(22-24-48)37-28-44(3)31(27-38(37)49)15-16-32-33-17-18-39(50)43(33,2)20-19-34(32)44/h5-14,31-39,49-50H,4,15-28H2,1-3H3,(H,45,51)(H,46,52)/t31-,32-,33-,34-,35-,36-,37-,38-,39-,43-,44-/m0/s1. The van der Waals surface area contributed by atoms with Gasteiger partial charge in [-0.15, -0.1) is 0 Å². The van der Waals surface area contributed by atoms with Gasteiger partial charge >= 0.3 is 0 Å². The van der Waals surface area contributed by atoms with Crippen LogP contribution in [0, 0.1) is 34.5 Å². The van der Waals surface area contributed by atoms with Crippen molar-refractivity contribution in [2.75, 3.05) is 26.2 Å². The topological polar surface area (TPSA) is 122 Å². The molecular weight excluding hydrogens is 665 g/mol. The molecule has 2 aromatic rings. The summed E-state index contributed by atoms with van der Waals surface area (Å²) in [5, 5.41) is 28.5. The number of aliphatic hydroxyl groups is 2. The molecule has 9 nitrogen and oxygen atoms in total. The first-order valence-corrected chi connectivity index (χ1v) is 20.6. The van der Waals surface area contributed by atoms with Gasteiger partial charge in [0, 0.05) is 51.5 Å². The van der Waals surface area contributed by atoms with Crippen molar-refractivity contribution < 1.29 is 24.6 Å². The molecular formula is C44H62N4O5. The molecule has 1 saturated heterocycles. The van der Waals surface area contributed by atoms with Gasteiger partial charge in [0.05, 0.1) is 12.2 Å². The van der Waals surface area contributed by atoms with E-state index in [9.17, 15) is 24.6 Å². The van der Waals surface area contributed by atoms with Crippen LogP contribution < -0.4 is 10.6 Å². The monoisotopic (exact) mass is 726 g/mol. The smallest absolute Gasteiger partial charge is 0.245 e. The summed E-state index contributed by atoms with van der Waals surface area (Å²) in [7, 11) is 0. The number of fused-ring (bicyclic) bond motifs is 5. The summed E-state index contributed by atoms with van der Waals surface area (Å²) in [6.45, 7) is 9.07. The Hall–Kier alpha value is -3.27. The fourth-order valence-electron chi connectivity index (χ4n) is 11.8. The van der Waals surface area contributed by atoms with E-state index in [0.29, 0.717) is 62.7 Å². The summed E-state index contributed by atoms with van der Waals surface area (Å²) in [5.41, 5.74) is 2.11. The van der Waals surface area contributed by atoms with E-state index in [0.717, 1.165) is 43.2 Å². The Balaban J connectivity index is 1.02. The number of rotatable bonds is 10. The van der Waals surface area contributed by atoms with Gasteiger partial charge in [0.25, 0.3) is 0 Å². The van der Waals surface area contributed by atoms with Gasteiger partial charge < -0.3 is 25.7 Å². The number of hydrogen-bond acceptors (Lipinski definition) is 6. The van der Waals surface area contributed by atoms with Crippen molar-refractivity contribution >= 4 is 17.7 Å². The van der Waals surface area contributed by atoms with E-state index in [1.807, 2.05) is 65.6 Å². The van der Waals surface area contributed by atoms with Gasteiger partial charge in [0.15, 0.2) is 0 Å². The van der Waals surface area contributed by atoms with Gasteiger partial charge in [-0.25, -0.2) is 0 Å². The van der Waals surface area contributed by atoms with Gasteiger partial charge in [0.1, 0.15) is 12.1 Å². The zero-order valence-corrected chi connectivity index (χ0v) is 32.1. The lowest BCUT2D eigenvalue weighted by atomic mass is 9.44. The number of hydrogen-bond donors (Lipinski definition) is 4. The van der Waals surface area contributed by atoms with Crippen LogP contribution >= 0.6 is 0 Å². The number of benzene rings is 2. The fraction of sp³-hybridized carbons (Fsp3) is 0.659. The van der Waals surface area contributed by atoms with E-state index in [1.54, 1.807) is 6.92 Å². The van der Waals surface area contributed by atoms with Crippen LogP contribution in [0.5, 0.6) is 0 Å². The van der Waals surface area contributed by atoms with Gasteiger partial charge in [0.2, 0.25) is 17.7 Å². The molecule has 0 bridgehead atoms. The van der Waals surface area contributed by atoms with Crippen molar-refractivity contribution in [1.29, 1.82) is 0 Å². The van der Waals surface area contributed by atoms with Crippen LogP contribution in [0.4, 0.5) is 0 Å². The first-order chi connectivity index (χ1) is 25.5. The molecule has 4 aliphatic carbocycles. The third-order valence-electron chi connectivity index (χ3n) is 14.9. The van der Waals surface area contributed by atoms with E-state index in [4.69, 9.17) is 0 Å². The molecule has 9 heteroatoms. The number of carbonyl (C=O) groups is 3. The molecule has 1 heterocycles. The Morgan fingerprint density at radius 1 is 0.774 bits per heavy atom. The number of piperazine rings is 1. The zero-order valence-electron chi connectivity index (χ0n) is 32.1. The second kappa shape index (κ2) is 15.8. The van der Waals surface area contributed by atoms with Crippen LogP contribution in [0.15, 0.2) is 60.7 Å². The minimum absolute atomic E-state index is 0.0604. The number of nitrogens with one attached hydrogen (secondary N) is 2. The molecule has 4 saturated carbocycles. The van der Waals surface area contributed by atoms with E-state index in [1.165, 1.54) is 19.3 Å². The molecule has 0 aromatic heterocycles. The summed E-state index contributed by atoms with van der Waals surface area (Å²) in [4.78, 5) is 45.0. The molecule has 7 rings (SSSR count). The molecule has 4 N–H and O–H groups in total. The predicted octanol–water partition coefficient (Wildman–Crippen LogP) is 4.74. The summed E-state index contributed by atoms with van der Waals surface area (Å²) in [5.74, 6) is 1.75. The first-order valence-electron chi connectivity index (χ1n) is 20.6. The second-order valence-corrected chi connectivity index (χ2v) is 17.6. The molecule has 3 amide bonds. The fourth-order valence-corrected chi connectivity index (χ4v) is 11.8. The average Bonchev–Trinajstić information content (AvgIpc) is 3.48. The lowest BCUT2D eigenvalue weighted by molar-refractivity contribution is -0.157. The Labute approximate surface area is 316 Å². The maximum Gasteiger partial charge on any atom is 0.245 e. The SMILES string of the molecule is CCC(=O)N[C@@H](Cc1ccccc1)C(=O)N[C@@H](Cc1ccccc1)C(=O)N1CCN([C@H]2C[C@@]3(C)[C@@H](CC[C@@H]4[C@@H]3CC[C@]3(C)[C@@H](O)CC[C@@H]43)C[C@@H]2O)CC1. The van der Waals surface area contributed by atoms with Crippen molar-refractivity contribution in [3.8, 4) is 0 Å². The van der Waals surface area contributed by atoms with Crippen LogP contribution in [0.2, 0.25) is 0 Å². The minimum Gasteiger partial charge on any atom is -0.393 e. The van der Waals surface area contributed by atoms with Crippen LogP contribution in [0.1, 0.15) is 89.7 Å². The highest BCUT2D eigenvalue weighted by Crippen LogP contribution is 2.66. The van der Waals surface area contributed by atoms with Crippen molar-refractivity contribution in [3.05, 3.63) is 71.8 Å². The number of carbonyl (C=O) groups excluding carboxylic acids is 3. The molecule has 5 aliphatic rings. The highest BCUT2D eigenvalue weighted by molar-refractivity contribution is 5.92. The quantitative estimate of drug-likeness (QED) is 0.281. The van der Waals surface area contributed by atoms with Gasteiger partial charge in [-0.3, -0.25) is 19.3 Å². The van der Waals surface area contributed by atoms with Gasteiger partial charge in [-0.1, -0.05) is 81.4 Å². The van der Waals surface area contributed by atoms with Gasteiger partial charge in [-0.2, -0.15) is 0 Å². The van der Waals surface area contributed by atoms with Crippen LogP contribution in [0.25, 0.3) is 0 Å². The highest BCUT2D eigenvalue weighted by Gasteiger charge is 2.61. The normalized spacial score (nSPS) is 35.3. The Morgan fingerprint density at radius 2 is 1.40 bits per heavy atom. The van der Waals surface area contributed by atoms with E-state index in [2.05, 4.69) is 29.4 Å². The number of nitrogens with zero attached hydrogens (tertiary/aromatic N) is 2. The molecule has 288 valence electrons. The van der Waals surface area contributed by atoms with E-state index >= 15 is 0 Å². The molecule has 5 fully saturated rings. The van der Waals surface area contributed by atoms with Crippen molar-refractivity contribution in [3.63, 3.8) is 0 Å². The molecule has 53 heavy (non-hydrogen) atoms. The Morgan fingerprint density at radius 3 is 2.04 bits per heavy atom. The molecule has 0 unspecified atom stereocenters. The van der Waals surface area contributed by atoms with Crippen LogP contribution in [-0.2, 0) is 27.2 Å². The highest BCUT2D eigenvalue weighted by atomic mass is 16.3. The summed E-state index contributed by atoms with van der Waals surface area (Å²) in [6.07, 6.45) is 9.00. The molecule has 0 radical (unpaired) electrons. The van der Waals surface area contributed by atoms with E-state index in [-0.39, 0.29) is 53.2 Å². The third kappa shape index (κ3) is 7.68. The zero-order chi connectivity index (χ0) is 37.3. The Bertz CT molecular complexity index is 1580. The number of amides is 3. The predicted molar refractivity (Wildman–Crippen MR) is 206 cm³/mol. The average molecular weight is 727 g/mol. The molecule has 0 spiro atoms. The Kier molecular flexibility index (Phi) is 11.4. The van der Waals surface area contributed by atoms with Crippen LogP contribution in [-0.4, -0.2) is 94.2 Å². The lowest BCUT2D eigenvalue weighted by Gasteiger charge is -2.62. The maximum atomic E-state index is 14.3. The molecule has 1 aliphatic heterocycles. The first kappa shape index (κ1) is 38.0. The lowest BCUT2D eigenvalue weighted by Crippen LogP contribution is -2.63. The maximum absolute atomic E-state index is 14.3. The van der Waals surface area contributed by atoms with Crippen molar-refractivity contribution in [1.82, 2.24) is 20.4 Å². The molecule has 11 atom stereocenters. The van der Waals surface area contributed by atoms with Gasteiger partial charge in [-0.05, 0) is 97.0 Å². The molecule has 2 aromatic carbocycles. The minimum atomic E-state index is -0.804. The van der Waals surface area contributed by atoms with Crippen molar-refractivity contribution in [2.24, 2.45) is 34.5 Å². The number of aliphatic hydroxyl groups excluding tert-OH is 2. The summed E-state index contributed by atoms with van der Waals surface area (Å²) < 4.78 is 0. The second-order valence-electron chi connectivity index (χ2n) is 17.6. The van der Waals surface area contributed by atoms with Crippen LogP contribution in [0.3, 0.4) is 0 Å². The van der Waals surface area contributed by atoms with E-state index < -0.39 is 12.1 Å². The third-order valence-corrected chi connectivity index (χ3v) is 14.9. The summed E-state index contributed by atoms with van der Waals surface area (Å²) >= 11 is 0.